The smallest absolute Gasteiger partial charge is 0.284 e. The predicted molar refractivity (Wildman–Crippen MR) is 220 cm³/mol. The third kappa shape index (κ3) is 7.85. The highest BCUT2D eigenvalue weighted by molar-refractivity contribution is 6.08. The van der Waals surface area contributed by atoms with Crippen LogP contribution in [0.5, 0.6) is 0 Å². The van der Waals surface area contributed by atoms with Gasteiger partial charge in [0, 0.05) is 69.7 Å². The number of nitrogens with one attached hydrogen (secondary N) is 4. The molecule has 4 N–H and O–H groups in total. The van der Waals surface area contributed by atoms with E-state index in [0.29, 0.717) is 36.7 Å². The summed E-state index contributed by atoms with van der Waals surface area (Å²) in [6, 6.07) is 7.65. The van der Waals surface area contributed by atoms with Gasteiger partial charge in [-0.15, -0.1) is 0 Å². The number of halogens is 2. The van der Waals surface area contributed by atoms with E-state index >= 15 is 0 Å². The lowest BCUT2D eigenvalue weighted by atomic mass is 9.85. The molecule has 1 saturated carbocycles. The van der Waals surface area contributed by atoms with Crippen LogP contribution in [0.3, 0.4) is 0 Å². The molecule has 0 unspecified atom stereocenters. The zero-order chi connectivity index (χ0) is 41.8. The molecule has 1 aliphatic carbocycles. The number of H-pyrrole nitrogens is 1. The van der Waals surface area contributed by atoms with Crippen molar-refractivity contribution < 1.29 is 32.7 Å². The topological polar surface area (TPSA) is 187 Å². The van der Waals surface area contributed by atoms with Gasteiger partial charge in [-0.3, -0.25) is 34.1 Å². The SMILES string of the molecule is O=C1CC[C@H](c2c[nH]c3c(NC(=O)CN4CCN(CC5CCC(n6cc(NC(=O)c7cnn8ccc(N9C[C@H]%10C[C@@H]9CO%10)nc78)c(C(F)F)n6)CC5)CC4)cccc23)C(=O)N1. The lowest BCUT2D eigenvalue weighted by Gasteiger charge is -2.38. The number of aromatic nitrogens is 6. The quantitative estimate of drug-likeness (QED) is 0.141. The predicted octanol–water partition coefficient (Wildman–Crippen LogP) is 4.08. The number of piperidine rings is 1. The average Bonchev–Trinajstić information content (AvgIpc) is 4.11. The molecule has 17 nitrogen and oxygen atoms in total. The molecule has 0 spiro atoms. The first kappa shape index (κ1) is 39.4. The Labute approximate surface area is 349 Å². The third-order valence-electron chi connectivity index (χ3n) is 13.2. The van der Waals surface area contributed by atoms with Gasteiger partial charge in [0.25, 0.3) is 12.3 Å². The average molecular weight is 839 g/mol. The van der Waals surface area contributed by atoms with Gasteiger partial charge < -0.3 is 30.2 Å². The van der Waals surface area contributed by atoms with E-state index in [1.54, 1.807) is 17.1 Å². The van der Waals surface area contributed by atoms with Crippen LogP contribution in [0.4, 0.5) is 26.0 Å². The van der Waals surface area contributed by atoms with E-state index in [9.17, 15) is 28.0 Å². The minimum absolute atomic E-state index is 0.0153. The van der Waals surface area contributed by atoms with Gasteiger partial charge in [0.2, 0.25) is 17.7 Å². The van der Waals surface area contributed by atoms with Crippen LogP contribution in [0.25, 0.3) is 16.6 Å². The molecule has 0 radical (unpaired) electrons. The third-order valence-corrected chi connectivity index (χ3v) is 13.2. The Kier molecular flexibility index (Phi) is 10.5. The maximum atomic E-state index is 14.3. The number of rotatable bonds is 11. The molecule has 8 heterocycles. The number of aromatic amines is 1. The molecular formula is C42H48F2N12O5. The van der Waals surface area contributed by atoms with Crippen LogP contribution in [-0.4, -0.2) is 127 Å². The zero-order valence-corrected chi connectivity index (χ0v) is 33.6. The number of carbonyl (C=O) groups excluding carboxylic acids is 4. The summed E-state index contributed by atoms with van der Waals surface area (Å²) in [6.07, 6.45) is 8.89. The maximum Gasteiger partial charge on any atom is 0.284 e. The number of carbonyl (C=O) groups is 4. The van der Waals surface area contributed by atoms with Gasteiger partial charge in [-0.05, 0) is 62.1 Å². The van der Waals surface area contributed by atoms with Crippen molar-refractivity contribution in [2.45, 2.75) is 75.5 Å². The molecule has 5 fully saturated rings. The number of fused-ring (bicyclic) bond motifs is 4. The molecule has 5 aliphatic rings. The van der Waals surface area contributed by atoms with E-state index in [0.717, 1.165) is 93.7 Å². The van der Waals surface area contributed by atoms with E-state index in [2.05, 4.69) is 45.8 Å². The number of piperazine rings is 1. The molecule has 1 aromatic carbocycles. The zero-order valence-electron chi connectivity index (χ0n) is 33.6. The summed E-state index contributed by atoms with van der Waals surface area (Å²) >= 11 is 0. The minimum atomic E-state index is -2.87. The maximum absolute atomic E-state index is 14.3. The number of hydrogen-bond acceptors (Lipinski definition) is 11. The fourth-order valence-electron chi connectivity index (χ4n) is 9.94. The largest absolute Gasteiger partial charge is 0.374 e. The number of benzene rings is 1. The first-order valence-corrected chi connectivity index (χ1v) is 21.2. The van der Waals surface area contributed by atoms with Crippen molar-refractivity contribution >= 4 is 57.4 Å². The molecule has 4 aromatic heterocycles. The Morgan fingerprint density at radius 3 is 2.54 bits per heavy atom. The number of alkyl halides is 2. The molecule has 19 heteroatoms. The van der Waals surface area contributed by atoms with E-state index in [-0.39, 0.29) is 53.7 Å². The number of amides is 4. The number of hydrogen-bond donors (Lipinski definition) is 4. The second-order valence-electron chi connectivity index (χ2n) is 17.0. The number of imide groups is 1. The Morgan fingerprint density at radius 1 is 0.967 bits per heavy atom. The van der Waals surface area contributed by atoms with Gasteiger partial charge in [-0.25, -0.2) is 18.3 Å². The van der Waals surface area contributed by atoms with Crippen molar-refractivity contribution in [2.75, 3.05) is 68.0 Å². The van der Waals surface area contributed by atoms with E-state index in [4.69, 9.17) is 9.72 Å². The van der Waals surface area contributed by atoms with Crippen molar-refractivity contribution in [1.29, 1.82) is 0 Å². The highest BCUT2D eigenvalue weighted by Crippen LogP contribution is 2.37. The Balaban J connectivity index is 0.699. The normalized spacial score (nSPS) is 24.9. The second kappa shape index (κ2) is 16.2. The Morgan fingerprint density at radius 2 is 1.79 bits per heavy atom. The van der Waals surface area contributed by atoms with Gasteiger partial charge in [0.05, 0.1) is 60.3 Å². The van der Waals surface area contributed by atoms with E-state index < -0.39 is 23.9 Å². The number of nitrogens with zero attached hydrogens (tertiary/aromatic N) is 8. The Bertz CT molecular complexity index is 2490. The lowest BCUT2D eigenvalue weighted by Crippen LogP contribution is -2.49. The summed E-state index contributed by atoms with van der Waals surface area (Å²) in [5.41, 5.74) is 2.27. The number of para-hydroxylation sites is 1. The number of morpholine rings is 1. The van der Waals surface area contributed by atoms with Crippen LogP contribution in [-0.2, 0) is 19.1 Å². The molecule has 10 rings (SSSR count). The molecule has 5 aromatic rings. The molecule has 61 heavy (non-hydrogen) atoms. The number of anilines is 3. The van der Waals surface area contributed by atoms with Gasteiger partial charge in [-0.1, -0.05) is 12.1 Å². The number of ether oxygens (including phenoxy) is 1. The van der Waals surface area contributed by atoms with Gasteiger partial charge >= 0.3 is 0 Å². The summed E-state index contributed by atoms with van der Waals surface area (Å²) in [5, 5.41) is 17.6. The highest BCUT2D eigenvalue weighted by Gasteiger charge is 2.40. The van der Waals surface area contributed by atoms with Crippen LogP contribution >= 0.6 is 0 Å². The van der Waals surface area contributed by atoms with Gasteiger partial charge in [-0.2, -0.15) is 10.2 Å². The molecule has 4 saturated heterocycles. The molecule has 4 aliphatic heterocycles. The monoisotopic (exact) mass is 838 g/mol. The minimum Gasteiger partial charge on any atom is -0.374 e. The fourth-order valence-corrected chi connectivity index (χ4v) is 9.94. The standard InChI is InChI=1S/C42H48F2N12O5/c43-39(44)38-33(48-42(60)31-18-46-55-11-10-34(49-40(31)55)54-20-27-16-26(54)23-61-27)21-56(51-38)25-6-4-24(5-7-25)19-52-12-14-53(15-13-52)22-36(58)47-32-3-1-2-28-30(17-45-37(28)32)29-8-9-35(57)50-41(29)59/h1-3,10-11,17-18,21,24-27,29,39,45H,4-9,12-16,19-20,22-23H2,(H,47,58)(H,48,60)(H,50,57,59)/t24?,25?,26-,27-,29-/m1/s1. The van der Waals surface area contributed by atoms with Crippen LogP contribution in [0.2, 0.25) is 0 Å². The fraction of sp³-hybridized carbons (Fsp3) is 0.500. The van der Waals surface area contributed by atoms with Crippen molar-refractivity contribution in [3.63, 3.8) is 0 Å². The molecular weight excluding hydrogens is 791 g/mol. The van der Waals surface area contributed by atoms with E-state index in [1.807, 2.05) is 24.3 Å². The van der Waals surface area contributed by atoms with Gasteiger partial charge in [0.15, 0.2) is 11.3 Å². The first-order chi connectivity index (χ1) is 29.6. The van der Waals surface area contributed by atoms with Crippen LogP contribution in [0.1, 0.15) is 84.9 Å². The Hall–Kier alpha value is -5.79. The second-order valence-corrected chi connectivity index (χ2v) is 17.0. The van der Waals surface area contributed by atoms with Crippen LogP contribution in [0, 0.1) is 5.92 Å². The van der Waals surface area contributed by atoms with Crippen LogP contribution < -0.4 is 20.9 Å². The van der Waals surface area contributed by atoms with E-state index in [1.165, 1.54) is 16.9 Å². The van der Waals surface area contributed by atoms with Crippen molar-refractivity contribution in [2.24, 2.45) is 5.92 Å². The summed E-state index contributed by atoms with van der Waals surface area (Å²) < 4.78 is 37.4. The summed E-state index contributed by atoms with van der Waals surface area (Å²) in [6.45, 7) is 5.76. The summed E-state index contributed by atoms with van der Waals surface area (Å²) in [4.78, 5) is 65.6. The van der Waals surface area contributed by atoms with Crippen LogP contribution in [0.15, 0.2) is 49.1 Å². The lowest BCUT2D eigenvalue weighted by molar-refractivity contribution is -0.134. The van der Waals surface area contributed by atoms with Crippen molar-refractivity contribution in [3.05, 3.63) is 65.9 Å². The van der Waals surface area contributed by atoms with Gasteiger partial charge in [0.1, 0.15) is 11.4 Å². The van der Waals surface area contributed by atoms with Crippen molar-refractivity contribution in [1.82, 2.24) is 44.5 Å². The molecule has 2 bridgehead atoms. The van der Waals surface area contributed by atoms with Crippen molar-refractivity contribution in [3.8, 4) is 0 Å². The molecule has 4 amide bonds. The summed E-state index contributed by atoms with van der Waals surface area (Å²) in [7, 11) is 0. The highest BCUT2D eigenvalue weighted by atomic mass is 19.3. The first-order valence-electron chi connectivity index (χ1n) is 21.2. The molecule has 3 atom stereocenters. The summed E-state index contributed by atoms with van der Waals surface area (Å²) in [5.74, 6) is -0.492. The molecule has 320 valence electrons.